The van der Waals surface area contributed by atoms with Gasteiger partial charge in [-0.25, -0.2) is 9.59 Å². The molecule has 6 rings (SSSR count). The summed E-state index contributed by atoms with van der Waals surface area (Å²) in [6, 6.07) is 28.8. The summed E-state index contributed by atoms with van der Waals surface area (Å²) in [5, 5.41) is 14.6. The second-order valence-corrected chi connectivity index (χ2v) is 10.4. The molecule has 5 aromatic carbocycles. The van der Waals surface area contributed by atoms with Crippen molar-refractivity contribution in [3.63, 3.8) is 0 Å². The molecule has 0 radical (unpaired) electrons. The molecule has 1 fully saturated rings. The van der Waals surface area contributed by atoms with Crippen molar-refractivity contribution in [2.24, 2.45) is 0 Å². The molecular weight excluding hydrogens is 530 g/mol. The van der Waals surface area contributed by atoms with Gasteiger partial charge in [0.2, 0.25) is 0 Å². The molecule has 7 nitrogen and oxygen atoms in total. The monoisotopic (exact) mass is 559 g/mol. The van der Waals surface area contributed by atoms with Crippen molar-refractivity contribution in [2.45, 2.75) is 32.4 Å². The van der Waals surface area contributed by atoms with Crippen molar-refractivity contribution in [2.75, 3.05) is 6.54 Å². The Hall–Kier alpha value is -5.17. The fraction of sp³-hybridized carbons (Fsp3) is 0.171. The van der Waals surface area contributed by atoms with E-state index in [0.717, 1.165) is 21.7 Å². The van der Waals surface area contributed by atoms with Gasteiger partial charge in [-0.3, -0.25) is 9.69 Å². The number of ketones is 1. The zero-order valence-electron chi connectivity index (χ0n) is 23.1. The predicted molar refractivity (Wildman–Crippen MR) is 161 cm³/mol. The van der Waals surface area contributed by atoms with Crippen molar-refractivity contribution in [1.82, 2.24) is 4.90 Å². The minimum atomic E-state index is -0.818. The molecule has 0 spiro atoms. The van der Waals surface area contributed by atoms with Crippen LogP contribution in [-0.2, 0) is 16.1 Å². The third-order valence-electron chi connectivity index (χ3n) is 7.72. The third kappa shape index (κ3) is 5.05. The maximum absolute atomic E-state index is 13.7. The van der Waals surface area contributed by atoms with Crippen LogP contribution in [0.5, 0.6) is 11.5 Å². The summed E-state index contributed by atoms with van der Waals surface area (Å²) in [5.74, 6) is -0.827. The van der Waals surface area contributed by atoms with Gasteiger partial charge in [0.15, 0.2) is 5.78 Å². The Morgan fingerprint density at radius 2 is 1.50 bits per heavy atom. The average Bonchev–Trinajstić information content (AvgIpc) is 3.51. The van der Waals surface area contributed by atoms with E-state index in [1.807, 2.05) is 84.9 Å². The molecule has 5 aromatic rings. The molecule has 0 aromatic heterocycles. The minimum Gasteiger partial charge on any atom is -0.507 e. The van der Waals surface area contributed by atoms with Crippen LogP contribution in [0.1, 0.15) is 35.7 Å². The van der Waals surface area contributed by atoms with Crippen LogP contribution in [0.2, 0.25) is 0 Å². The molecule has 0 aliphatic carbocycles. The minimum absolute atomic E-state index is 0.103. The number of fused-ring (bicyclic) bond motifs is 2. The number of phenols is 1. The van der Waals surface area contributed by atoms with E-state index in [-0.39, 0.29) is 29.5 Å². The first kappa shape index (κ1) is 27.0. The maximum atomic E-state index is 13.7. The van der Waals surface area contributed by atoms with E-state index in [2.05, 4.69) is 0 Å². The molecule has 1 heterocycles. The normalized spacial score (nSPS) is 14.7. The van der Waals surface area contributed by atoms with Gasteiger partial charge in [-0.15, -0.1) is 0 Å². The van der Waals surface area contributed by atoms with E-state index < -0.39 is 18.1 Å². The van der Waals surface area contributed by atoms with Crippen LogP contribution in [0.3, 0.4) is 0 Å². The van der Waals surface area contributed by atoms with Crippen molar-refractivity contribution in [1.29, 1.82) is 0 Å². The van der Waals surface area contributed by atoms with E-state index in [9.17, 15) is 19.5 Å². The number of likely N-dealkylation sites (tertiary alicyclic amines) is 1. The molecule has 1 aliphatic heterocycles. The summed E-state index contributed by atoms with van der Waals surface area (Å²) < 4.78 is 11.6. The standard InChI is InChI=1S/C35H29NO6/c1-22(37)28-20-25-13-6-8-15-27(25)32(33(28)38)31-26-14-7-5-12-24(26)17-18-30(31)42-34(39)29-16-9-19-36(29)35(40)41-21-23-10-3-2-4-11-23/h2-8,10-15,17-18,20,29,38H,9,16,19,21H2,1H3/t29-/m0/s1. The number of Topliss-reactive ketones (excluding diaryl/α,β-unsaturated/α-hetero) is 1. The Balaban J connectivity index is 1.39. The number of hydrogen-bond acceptors (Lipinski definition) is 6. The predicted octanol–water partition coefficient (Wildman–Crippen LogP) is 7.27. The van der Waals surface area contributed by atoms with Gasteiger partial charge in [-0.05, 0) is 59.0 Å². The molecule has 210 valence electrons. The summed E-state index contributed by atoms with van der Waals surface area (Å²) in [6.45, 7) is 1.89. The number of rotatable bonds is 6. The number of nitrogens with zero attached hydrogens (tertiary/aromatic N) is 1. The van der Waals surface area contributed by atoms with Crippen molar-refractivity contribution < 1.29 is 29.0 Å². The van der Waals surface area contributed by atoms with Crippen molar-refractivity contribution >= 4 is 39.4 Å². The maximum Gasteiger partial charge on any atom is 0.410 e. The molecule has 1 aliphatic rings. The lowest BCUT2D eigenvalue weighted by atomic mass is 9.89. The summed E-state index contributed by atoms with van der Waals surface area (Å²) in [4.78, 5) is 40.6. The van der Waals surface area contributed by atoms with E-state index in [1.165, 1.54) is 11.8 Å². The quantitative estimate of drug-likeness (QED) is 0.134. The second-order valence-electron chi connectivity index (χ2n) is 10.4. The number of carbonyl (C=O) groups excluding carboxylic acids is 3. The fourth-order valence-corrected chi connectivity index (χ4v) is 5.66. The number of phenolic OH excluding ortho intramolecular Hbond substituents is 1. The highest BCUT2D eigenvalue weighted by molar-refractivity contribution is 6.14. The lowest BCUT2D eigenvalue weighted by Crippen LogP contribution is -2.42. The smallest absolute Gasteiger partial charge is 0.410 e. The van der Waals surface area contributed by atoms with Gasteiger partial charge in [-0.2, -0.15) is 0 Å². The van der Waals surface area contributed by atoms with E-state index in [1.54, 1.807) is 12.1 Å². The van der Waals surface area contributed by atoms with Crippen LogP contribution in [0.15, 0.2) is 97.1 Å². The van der Waals surface area contributed by atoms with Crippen LogP contribution in [0.4, 0.5) is 4.79 Å². The largest absolute Gasteiger partial charge is 0.507 e. The zero-order chi connectivity index (χ0) is 29.2. The Bertz CT molecular complexity index is 1830. The number of hydrogen-bond donors (Lipinski definition) is 1. The first-order valence-electron chi connectivity index (χ1n) is 13.9. The SMILES string of the molecule is CC(=O)c1cc2ccccc2c(-c2c(OC(=O)[C@@H]3CCCN3C(=O)OCc3ccccc3)ccc3ccccc23)c1O. The zero-order valence-corrected chi connectivity index (χ0v) is 23.1. The third-order valence-corrected chi connectivity index (χ3v) is 7.72. The average molecular weight is 560 g/mol. The number of carbonyl (C=O) groups is 3. The second kappa shape index (κ2) is 11.4. The molecule has 0 saturated carbocycles. The summed E-state index contributed by atoms with van der Waals surface area (Å²) in [6.07, 6.45) is 0.502. The lowest BCUT2D eigenvalue weighted by molar-refractivity contribution is -0.138. The van der Waals surface area contributed by atoms with Crippen LogP contribution >= 0.6 is 0 Å². The molecule has 7 heteroatoms. The Labute approximate surface area is 242 Å². The van der Waals surface area contributed by atoms with Gasteiger partial charge in [0.25, 0.3) is 0 Å². The summed E-state index contributed by atoms with van der Waals surface area (Å²) >= 11 is 0. The van der Waals surface area contributed by atoms with Crippen LogP contribution in [0, 0.1) is 0 Å². The van der Waals surface area contributed by atoms with Gasteiger partial charge in [0, 0.05) is 17.7 Å². The number of ether oxygens (including phenoxy) is 2. The van der Waals surface area contributed by atoms with E-state index in [4.69, 9.17) is 9.47 Å². The summed E-state index contributed by atoms with van der Waals surface area (Å²) in [7, 11) is 0. The van der Waals surface area contributed by atoms with Gasteiger partial charge >= 0.3 is 12.1 Å². The van der Waals surface area contributed by atoms with Crippen LogP contribution in [-0.4, -0.2) is 40.4 Å². The molecule has 1 saturated heterocycles. The molecule has 1 amide bonds. The van der Waals surface area contributed by atoms with Gasteiger partial charge in [-0.1, -0.05) is 84.9 Å². The topological polar surface area (TPSA) is 93.1 Å². The Morgan fingerprint density at radius 1 is 0.833 bits per heavy atom. The van der Waals surface area contributed by atoms with Gasteiger partial charge < -0.3 is 14.6 Å². The molecule has 0 unspecified atom stereocenters. The molecule has 1 N–H and O–H groups in total. The lowest BCUT2D eigenvalue weighted by Gasteiger charge is -2.24. The number of amides is 1. The molecule has 1 atom stereocenters. The van der Waals surface area contributed by atoms with Crippen molar-refractivity contribution in [3.05, 3.63) is 108 Å². The first-order chi connectivity index (χ1) is 20.4. The van der Waals surface area contributed by atoms with Crippen LogP contribution in [0.25, 0.3) is 32.7 Å². The van der Waals surface area contributed by atoms with E-state index in [0.29, 0.717) is 35.9 Å². The first-order valence-corrected chi connectivity index (χ1v) is 13.9. The number of benzene rings is 5. The molecule has 0 bridgehead atoms. The van der Waals surface area contributed by atoms with Gasteiger partial charge in [0.05, 0.1) is 5.56 Å². The number of aromatic hydroxyl groups is 1. The van der Waals surface area contributed by atoms with Crippen molar-refractivity contribution in [3.8, 4) is 22.6 Å². The van der Waals surface area contributed by atoms with Crippen LogP contribution < -0.4 is 4.74 Å². The molecule has 42 heavy (non-hydrogen) atoms. The highest BCUT2D eigenvalue weighted by Gasteiger charge is 2.37. The highest BCUT2D eigenvalue weighted by atomic mass is 16.6. The van der Waals surface area contributed by atoms with E-state index >= 15 is 0 Å². The summed E-state index contributed by atoms with van der Waals surface area (Å²) in [5.41, 5.74) is 1.93. The Kier molecular flexibility index (Phi) is 7.32. The Morgan fingerprint density at radius 3 is 2.24 bits per heavy atom. The number of esters is 1. The molecular formula is C35H29NO6. The van der Waals surface area contributed by atoms with Gasteiger partial charge in [0.1, 0.15) is 24.1 Å². The highest BCUT2D eigenvalue weighted by Crippen LogP contribution is 2.46. The fourth-order valence-electron chi connectivity index (χ4n) is 5.66.